The maximum Gasteiger partial charge on any atom is 0.265 e. The van der Waals surface area contributed by atoms with Crippen LogP contribution in [0.3, 0.4) is 0 Å². The molecule has 2 heterocycles. The fourth-order valence-corrected chi connectivity index (χ4v) is 2.02. The van der Waals surface area contributed by atoms with Crippen molar-refractivity contribution in [2.75, 3.05) is 6.54 Å². The fraction of sp³-hybridized carbons (Fsp3) is 0.167. The molecule has 1 aromatic carbocycles. The molecule has 0 saturated heterocycles. The van der Waals surface area contributed by atoms with Crippen LogP contribution in [-0.2, 0) is 6.42 Å². The van der Waals surface area contributed by atoms with Crippen LogP contribution < -0.4 is 0 Å². The van der Waals surface area contributed by atoms with Gasteiger partial charge in [-0.1, -0.05) is 12.1 Å². The number of fused-ring (bicyclic) bond motifs is 3. The van der Waals surface area contributed by atoms with Crippen molar-refractivity contribution >= 4 is 5.69 Å². The van der Waals surface area contributed by atoms with Crippen molar-refractivity contribution in [2.45, 2.75) is 6.42 Å². The van der Waals surface area contributed by atoms with E-state index in [2.05, 4.69) is 9.97 Å². The lowest BCUT2D eigenvalue weighted by Crippen LogP contribution is -2.04. The molecule has 0 saturated carbocycles. The predicted octanol–water partition coefficient (Wildman–Crippen LogP) is 2.11. The van der Waals surface area contributed by atoms with Gasteiger partial charge in [-0.15, -0.1) is 0 Å². The van der Waals surface area contributed by atoms with E-state index in [0.717, 1.165) is 21.6 Å². The second kappa shape index (κ2) is 3.48. The topological polar surface area (TPSA) is 45.9 Å². The number of benzene rings is 1. The van der Waals surface area contributed by atoms with Crippen LogP contribution >= 0.6 is 0 Å². The van der Waals surface area contributed by atoms with Crippen molar-refractivity contribution in [3.8, 4) is 11.3 Å². The quantitative estimate of drug-likeness (QED) is 0.628. The van der Waals surface area contributed by atoms with E-state index in [-0.39, 0.29) is 0 Å². The summed E-state index contributed by atoms with van der Waals surface area (Å²) in [6.45, 7) is 0.456. The van der Waals surface area contributed by atoms with E-state index in [9.17, 15) is 4.91 Å². The lowest BCUT2D eigenvalue weighted by molar-refractivity contribution is -0.461. The van der Waals surface area contributed by atoms with Crippen molar-refractivity contribution in [3.05, 3.63) is 47.3 Å². The Labute approximate surface area is 92.6 Å². The molecule has 0 aliphatic carbocycles. The normalized spacial score (nSPS) is 13.9. The lowest BCUT2D eigenvalue weighted by atomic mass is 10.1. The van der Waals surface area contributed by atoms with E-state index in [0.29, 0.717) is 18.7 Å². The van der Waals surface area contributed by atoms with Crippen LogP contribution in [0.1, 0.15) is 5.56 Å². The van der Waals surface area contributed by atoms with Gasteiger partial charge in [-0.25, -0.2) is 9.97 Å². The highest BCUT2D eigenvalue weighted by molar-refractivity contribution is 5.73. The summed E-state index contributed by atoms with van der Waals surface area (Å²) in [6.07, 6.45) is 4.00. The van der Waals surface area contributed by atoms with Gasteiger partial charge in [-0.3, -0.25) is 0 Å². The van der Waals surface area contributed by atoms with E-state index >= 15 is 0 Å². The standard InChI is InChI=1S/C12H10N3O/c16-15-6-5-9-7-13-8-14-12(9)10-3-1-2-4-11(10)15/h1-4,7-8H,5-6H2/q+1. The molecule has 16 heavy (non-hydrogen) atoms. The summed E-state index contributed by atoms with van der Waals surface area (Å²) in [6, 6.07) is 7.55. The number of para-hydroxylation sites is 1. The number of aromatic nitrogens is 2. The van der Waals surface area contributed by atoms with Crippen molar-refractivity contribution < 1.29 is 4.76 Å². The molecule has 0 fully saturated rings. The fourth-order valence-electron chi connectivity index (χ4n) is 2.02. The van der Waals surface area contributed by atoms with Gasteiger partial charge in [0, 0.05) is 33.9 Å². The molecule has 78 valence electrons. The zero-order valence-electron chi connectivity index (χ0n) is 8.63. The summed E-state index contributed by atoms with van der Waals surface area (Å²) in [5, 5.41) is 0. The Kier molecular flexibility index (Phi) is 1.99. The predicted molar refractivity (Wildman–Crippen MR) is 59.3 cm³/mol. The average Bonchev–Trinajstić information content (AvgIpc) is 2.49. The number of nitroso groups, excluding NO2 is 1. The van der Waals surface area contributed by atoms with Crippen LogP contribution in [0.15, 0.2) is 36.8 Å². The minimum Gasteiger partial charge on any atom is -0.244 e. The number of hydrogen-bond donors (Lipinski definition) is 0. The van der Waals surface area contributed by atoms with Gasteiger partial charge in [0.2, 0.25) is 6.54 Å². The third-order valence-electron chi connectivity index (χ3n) is 2.80. The van der Waals surface area contributed by atoms with Crippen molar-refractivity contribution in [1.29, 1.82) is 0 Å². The van der Waals surface area contributed by atoms with E-state index < -0.39 is 0 Å². The third-order valence-corrected chi connectivity index (χ3v) is 2.80. The molecule has 0 radical (unpaired) electrons. The Hall–Kier alpha value is -2.10. The summed E-state index contributed by atoms with van der Waals surface area (Å²) in [5.41, 5.74) is 3.50. The number of nitrogens with zero attached hydrogens (tertiary/aromatic N) is 3. The summed E-state index contributed by atoms with van der Waals surface area (Å²) in [7, 11) is 0. The van der Waals surface area contributed by atoms with Gasteiger partial charge in [0.25, 0.3) is 5.69 Å². The van der Waals surface area contributed by atoms with Crippen LogP contribution in [0, 0.1) is 4.91 Å². The molecule has 4 heteroatoms. The zero-order valence-corrected chi connectivity index (χ0v) is 8.63. The zero-order chi connectivity index (χ0) is 11.0. The van der Waals surface area contributed by atoms with E-state index in [1.54, 1.807) is 6.20 Å². The molecule has 3 rings (SSSR count). The minimum absolute atomic E-state index is 0.456. The third kappa shape index (κ3) is 1.31. The van der Waals surface area contributed by atoms with Gasteiger partial charge in [0.05, 0.1) is 11.3 Å². The molecular formula is C12H10N3O+. The summed E-state index contributed by atoms with van der Waals surface area (Å²) in [4.78, 5) is 20.1. The second-order valence-corrected chi connectivity index (χ2v) is 3.77. The van der Waals surface area contributed by atoms with E-state index in [1.165, 1.54) is 6.33 Å². The SMILES string of the molecule is O=[N+]1CCc2cncnc2-c2ccccc21. The molecule has 1 aliphatic rings. The highest BCUT2D eigenvalue weighted by atomic mass is 16.3. The molecule has 0 bridgehead atoms. The monoisotopic (exact) mass is 212 g/mol. The van der Waals surface area contributed by atoms with Crippen LogP contribution in [-0.4, -0.2) is 21.3 Å². The highest BCUT2D eigenvalue weighted by Gasteiger charge is 2.26. The molecule has 0 atom stereocenters. The second-order valence-electron chi connectivity index (χ2n) is 3.77. The molecular weight excluding hydrogens is 202 g/mol. The molecule has 0 spiro atoms. The lowest BCUT2D eigenvalue weighted by Gasteiger charge is -2.01. The highest BCUT2D eigenvalue weighted by Crippen LogP contribution is 2.32. The van der Waals surface area contributed by atoms with Gasteiger partial charge < -0.3 is 0 Å². The Morgan fingerprint density at radius 1 is 1.25 bits per heavy atom. The molecule has 2 aromatic rings. The Bertz CT molecular complexity index is 566. The minimum atomic E-state index is 0.456. The van der Waals surface area contributed by atoms with Crippen molar-refractivity contribution in [1.82, 2.24) is 9.97 Å². The average molecular weight is 212 g/mol. The van der Waals surface area contributed by atoms with Crippen LogP contribution in [0.2, 0.25) is 0 Å². The molecule has 1 aromatic heterocycles. The molecule has 0 N–H and O–H groups in total. The van der Waals surface area contributed by atoms with Gasteiger partial charge in [-0.05, 0) is 6.07 Å². The smallest absolute Gasteiger partial charge is 0.244 e. The first-order valence-corrected chi connectivity index (χ1v) is 5.19. The Balaban J connectivity index is 2.32. The maximum absolute atomic E-state index is 11.8. The summed E-state index contributed by atoms with van der Waals surface area (Å²) >= 11 is 0. The van der Waals surface area contributed by atoms with Crippen LogP contribution in [0.5, 0.6) is 0 Å². The first-order valence-electron chi connectivity index (χ1n) is 5.19. The van der Waals surface area contributed by atoms with Gasteiger partial charge in [0.1, 0.15) is 6.33 Å². The van der Waals surface area contributed by atoms with Crippen LogP contribution in [0.4, 0.5) is 5.69 Å². The maximum atomic E-state index is 11.8. The Morgan fingerprint density at radius 2 is 2.12 bits per heavy atom. The molecule has 4 nitrogen and oxygen atoms in total. The largest absolute Gasteiger partial charge is 0.265 e. The molecule has 0 amide bonds. The first-order chi connectivity index (χ1) is 7.86. The molecule has 0 unspecified atom stereocenters. The van der Waals surface area contributed by atoms with Crippen molar-refractivity contribution in [3.63, 3.8) is 0 Å². The Morgan fingerprint density at radius 3 is 3.06 bits per heavy atom. The van der Waals surface area contributed by atoms with E-state index in [4.69, 9.17) is 0 Å². The molecule has 1 aliphatic heterocycles. The summed E-state index contributed by atoms with van der Waals surface area (Å²) < 4.78 is 1.02. The first kappa shape index (κ1) is 9.15. The summed E-state index contributed by atoms with van der Waals surface area (Å²) in [5.74, 6) is 0. The van der Waals surface area contributed by atoms with Crippen LogP contribution in [0.25, 0.3) is 11.3 Å². The van der Waals surface area contributed by atoms with Crippen molar-refractivity contribution in [2.24, 2.45) is 0 Å². The van der Waals surface area contributed by atoms with E-state index in [1.807, 2.05) is 24.3 Å². The van der Waals surface area contributed by atoms with Gasteiger partial charge in [-0.2, -0.15) is 0 Å². The van der Waals surface area contributed by atoms with Gasteiger partial charge >= 0.3 is 0 Å². The number of hydrogen-bond acceptors (Lipinski definition) is 3. The number of rotatable bonds is 0. The van der Waals surface area contributed by atoms with Gasteiger partial charge in [0.15, 0.2) is 0 Å².